The fourth-order valence-corrected chi connectivity index (χ4v) is 2.06. The van der Waals surface area contributed by atoms with Crippen LogP contribution in [0.2, 0.25) is 0 Å². The first-order valence-electron chi connectivity index (χ1n) is 6.48. The standard InChI is InChI=1S/C14H22N2O/c1-10(2)9-16(12-4-5-12)13-6-7-14(11(3)17)15-8-13/h6-8,10-12,17H,4-5,9H2,1-3H3. The molecule has 3 nitrogen and oxygen atoms in total. The molecular weight excluding hydrogens is 212 g/mol. The van der Waals surface area contributed by atoms with Crippen molar-refractivity contribution in [1.82, 2.24) is 4.98 Å². The van der Waals surface area contributed by atoms with Crippen LogP contribution in [0.15, 0.2) is 18.3 Å². The van der Waals surface area contributed by atoms with Crippen LogP contribution in [0.25, 0.3) is 0 Å². The molecule has 1 heterocycles. The molecule has 1 N–H and O–H groups in total. The maximum Gasteiger partial charge on any atom is 0.0931 e. The molecule has 3 heteroatoms. The van der Waals surface area contributed by atoms with Crippen molar-refractivity contribution in [2.24, 2.45) is 5.92 Å². The summed E-state index contributed by atoms with van der Waals surface area (Å²) in [4.78, 5) is 6.77. The number of aliphatic hydroxyl groups excluding tert-OH is 1. The van der Waals surface area contributed by atoms with Gasteiger partial charge in [-0.25, -0.2) is 0 Å². The lowest BCUT2D eigenvalue weighted by atomic mass is 10.2. The van der Waals surface area contributed by atoms with Crippen LogP contribution in [0.1, 0.15) is 45.4 Å². The monoisotopic (exact) mass is 234 g/mol. The van der Waals surface area contributed by atoms with E-state index in [1.165, 1.54) is 18.5 Å². The lowest BCUT2D eigenvalue weighted by Gasteiger charge is -2.26. The first-order valence-corrected chi connectivity index (χ1v) is 6.48. The van der Waals surface area contributed by atoms with Gasteiger partial charge in [-0.05, 0) is 37.8 Å². The molecule has 1 unspecified atom stereocenters. The van der Waals surface area contributed by atoms with Gasteiger partial charge in [0.25, 0.3) is 0 Å². The summed E-state index contributed by atoms with van der Waals surface area (Å²) >= 11 is 0. The summed E-state index contributed by atoms with van der Waals surface area (Å²) in [6.07, 6.45) is 4.00. The molecule has 0 aliphatic heterocycles. The van der Waals surface area contributed by atoms with E-state index in [1.807, 2.05) is 12.3 Å². The number of pyridine rings is 1. The van der Waals surface area contributed by atoms with E-state index in [-0.39, 0.29) is 0 Å². The van der Waals surface area contributed by atoms with E-state index in [1.54, 1.807) is 6.92 Å². The summed E-state index contributed by atoms with van der Waals surface area (Å²) < 4.78 is 0. The summed E-state index contributed by atoms with van der Waals surface area (Å²) in [7, 11) is 0. The zero-order chi connectivity index (χ0) is 12.4. The number of aliphatic hydroxyl groups is 1. The first kappa shape index (κ1) is 12.4. The average Bonchev–Trinajstić information content (AvgIpc) is 3.09. The lowest BCUT2D eigenvalue weighted by Crippen LogP contribution is -2.29. The van der Waals surface area contributed by atoms with Crippen LogP contribution in [-0.4, -0.2) is 22.7 Å². The Bertz CT molecular complexity index is 355. The van der Waals surface area contributed by atoms with Crippen LogP contribution < -0.4 is 4.90 Å². The lowest BCUT2D eigenvalue weighted by molar-refractivity contribution is 0.194. The predicted molar refractivity (Wildman–Crippen MR) is 70.1 cm³/mol. The minimum absolute atomic E-state index is 0.483. The second-order valence-corrected chi connectivity index (χ2v) is 5.39. The highest BCUT2D eigenvalue weighted by Crippen LogP contribution is 2.32. The van der Waals surface area contributed by atoms with Gasteiger partial charge in [-0.1, -0.05) is 13.8 Å². The molecule has 1 aliphatic carbocycles. The first-order chi connectivity index (χ1) is 8.08. The Hall–Kier alpha value is -1.09. The van der Waals surface area contributed by atoms with Crippen molar-refractivity contribution in [3.8, 4) is 0 Å². The summed E-state index contributed by atoms with van der Waals surface area (Å²) in [6, 6.07) is 4.71. The zero-order valence-corrected chi connectivity index (χ0v) is 10.9. The molecule has 1 fully saturated rings. The molecule has 0 amide bonds. The third kappa shape index (κ3) is 3.19. The van der Waals surface area contributed by atoms with Gasteiger partial charge < -0.3 is 10.0 Å². The van der Waals surface area contributed by atoms with Crippen molar-refractivity contribution in [3.05, 3.63) is 24.0 Å². The molecule has 1 atom stereocenters. The second kappa shape index (κ2) is 5.05. The molecule has 0 aromatic carbocycles. The van der Waals surface area contributed by atoms with E-state index < -0.39 is 6.10 Å². The number of rotatable bonds is 5. The van der Waals surface area contributed by atoms with Gasteiger partial charge in [-0.15, -0.1) is 0 Å². The van der Waals surface area contributed by atoms with Crippen LogP contribution >= 0.6 is 0 Å². The highest BCUT2D eigenvalue weighted by atomic mass is 16.3. The number of hydrogen-bond donors (Lipinski definition) is 1. The van der Waals surface area contributed by atoms with Crippen LogP contribution in [0.4, 0.5) is 5.69 Å². The molecule has 1 saturated carbocycles. The maximum atomic E-state index is 9.44. The van der Waals surface area contributed by atoms with Crippen LogP contribution in [0.5, 0.6) is 0 Å². The SMILES string of the molecule is CC(C)CN(c1ccc(C(C)O)nc1)C1CC1. The molecule has 0 radical (unpaired) electrons. The highest BCUT2D eigenvalue weighted by Gasteiger charge is 2.29. The fraction of sp³-hybridized carbons (Fsp3) is 0.643. The molecule has 17 heavy (non-hydrogen) atoms. The summed E-state index contributed by atoms with van der Waals surface area (Å²) in [5.41, 5.74) is 1.93. The van der Waals surface area contributed by atoms with E-state index in [0.29, 0.717) is 12.0 Å². The summed E-state index contributed by atoms with van der Waals surface area (Å²) in [5, 5.41) is 9.44. The minimum Gasteiger partial charge on any atom is -0.387 e. The van der Waals surface area contributed by atoms with Gasteiger partial charge in [-0.3, -0.25) is 4.98 Å². The third-order valence-electron chi connectivity index (χ3n) is 3.08. The normalized spacial score (nSPS) is 17.2. The Morgan fingerprint density at radius 3 is 2.47 bits per heavy atom. The quantitative estimate of drug-likeness (QED) is 0.851. The van der Waals surface area contributed by atoms with E-state index in [2.05, 4.69) is 29.8 Å². The summed E-state index contributed by atoms with van der Waals surface area (Å²) in [6.45, 7) is 7.31. The van der Waals surface area contributed by atoms with Crippen LogP contribution in [-0.2, 0) is 0 Å². The third-order valence-corrected chi connectivity index (χ3v) is 3.08. The number of aromatic nitrogens is 1. The molecule has 0 spiro atoms. The molecular formula is C14H22N2O. The Labute approximate surface area is 103 Å². The van der Waals surface area contributed by atoms with Gasteiger partial charge >= 0.3 is 0 Å². The highest BCUT2D eigenvalue weighted by molar-refractivity contribution is 5.47. The average molecular weight is 234 g/mol. The van der Waals surface area contributed by atoms with Gasteiger partial charge in [0.1, 0.15) is 0 Å². The Morgan fingerprint density at radius 2 is 2.06 bits per heavy atom. The van der Waals surface area contributed by atoms with E-state index in [4.69, 9.17) is 0 Å². The van der Waals surface area contributed by atoms with Crippen molar-refractivity contribution in [2.75, 3.05) is 11.4 Å². The Morgan fingerprint density at radius 1 is 1.35 bits per heavy atom. The number of nitrogens with zero attached hydrogens (tertiary/aromatic N) is 2. The predicted octanol–water partition coefficient (Wildman–Crippen LogP) is 2.76. The number of anilines is 1. The van der Waals surface area contributed by atoms with E-state index in [0.717, 1.165) is 12.2 Å². The summed E-state index contributed by atoms with van der Waals surface area (Å²) in [5.74, 6) is 0.659. The maximum absolute atomic E-state index is 9.44. The van der Waals surface area contributed by atoms with Gasteiger partial charge in [0, 0.05) is 12.6 Å². The van der Waals surface area contributed by atoms with Crippen LogP contribution in [0, 0.1) is 5.92 Å². The van der Waals surface area contributed by atoms with Gasteiger partial charge in [-0.2, -0.15) is 0 Å². The van der Waals surface area contributed by atoms with Gasteiger partial charge in [0.05, 0.1) is 23.7 Å². The topological polar surface area (TPSA) is 36.4 Å². The molecule has 1 aliphatic rings. The minimum atomic E-state index is -0.483. The molecule has 94 valence electrons. The second-order valence-electron chi connectivity index (χ2n) is 5.39. The largest absolute Gasteiger partial charge is 0.387 e. The van der Waals surface area contributed by atoms with E-state index >= 15 is 0 Å². The smallest absolute Gasteiger partial charge is 0.0931 e. The van der Waals surface area contributed by atoms with E-state index in [9.17, 15) is 5.11 Å². The fourth-order valence-electron chi connectivity index (χ4n) is 2.06. The van der Waals surface area contributed by atoms with Crippen molar-refractivity contribution >= 4 is 5.69 Å². The van der Waals surface area contributed by atoms with Crippen molar-refractivity contribution in [3.63, 3.8) is 0 Å². The molecule has 1 aromatic heterocycles. The molecule has 0 bridgehead atoms. The van der Waals surface area contributed by atoms with Crippen molar-refractivity contribution < 1.29 is 5.11 Å². The van der Waals surface area contributed by atoms with Crippen molar-refractivity contribution in [1.29, 1.82) is 0 Å². The Balaban J connectivity index is 2.12. The molecule has 1 aromatic rings. The Kier molecular flexibility index (Phi) is 3.67. The molecule has 0 saturated heterocycles. The number of hydrogen-bond acceptors (Lipinski definition) is 3. The van der Waals surface area contributed by atoms with Crippen LogP contribution in [0.3, 0.4) is 0 Å². The van der Waals surface area contributed by atoms with Gasteiger partial charge in [0.15, 0.2) is 0 Å². The zero-order valence-electron chi connectivity index (χ0n) is 10.9. The van der Waals surface area contributed by atoms with Crippen molar-refractivity contribution in [2.45, 2.75) is 45.8 Å². The molecule has 2 rings (SSSR count). The van der Waals surface area contributed by atoms with Gasteiger partial charge in [0.2, 0.25) is 0 Å².